The van der Waals surface area contributed by atoms with Gasteiger partial charge in [0, 0.05) is 23.4 Å². The van der Waals surface area contributed by atoms with Gasteiger partial charge in [-0.15, -0.1) is 0 Å². The molecule has 2 heterocycles. The van der Waals surface area contributed by atoms with Crippen LogP contribution in [-0.2, 0) is 15.8 Å². The van der Waals surface area contributed by atoms with E-state index in [1.54, 1.807) is 0 Å². The van der Waals surface area contributed by atoms with Crippen LogP contribution in [0.5, 0.6) is 0 Å². The molecular weight excluding hydrogens is 463 g/mol. The second-order valence-corrected chi connectivity index (χ2v) is 9.94. The molecule has 4 N–H and O–H groups in total. The summed E-state index contributed by atoms with van der Waals surface area (Å²) in [7, 11) is 0. The number of halogens is 3. The van der Waals surface area contributed by atoms with Crippen molar-refractivity contribution in [2.75, 3.05) is 6.54 Å². The van der Waals surface area contributed by atoms with E-state index in [0.717, 1.165) is 12.1 Å². The number of nitrogens with zero attached hydrogens (tertiary/aromatic N) is 1. The topological polar surface area (TPSA) is 127 Å². The minimum atomic E-state index is -4.59. The number of amides is 3. The van der Waals surface area contributed by atoms with Gasteiger partial charge in [-0.1, -0.05) is 26.8 Å². The summed E-state index contributed by atoms with van der Waals surface area (Å²) in [5.41, 5.74) is -1.25. The van der Waals surface area contributed by atoms with Crippen LogP contribution in [-0.4, -0.2) is 41.3 Å². The quantitative estimate of drug-likeness (QED) is 0.474. The first-order valence-electron chi connectivity index (χ1n) is 11.3. The van der Waals surface area contributed by atoms with Crippen molar-refractivity contribution in [2.24, 2.45) is 11.3 Å². The van der Waals surface area contributed by atoms with Gasteiger partial charge in [0.1, 0.15) is 17.8 Å². The molecular formula is C24H28F3N5O3. The molecule has 3 atom stereocenters. The Kier molecular flexibility index (Phi) is 7.43. The lowest BCUT2D eigenvalue weighted by molar-refractivity contribution is -0.136. The average molecular weight is 492 g/mol. The van der Waals surface area contributed by atoms with E-state index in [-0.39, 0.29) is 41.3 Å². The summed E-state index contributed by atoms with van der Waals surface area (Å²) >= 11 is 0. The Morgan fingerprint density at radius 2 is 1.94 bits per heavy atom. The van der Waals surface area contributed by atoms with E-state index >= 15 is 0 Å². The SMILES string of the molecule is CC(C)(C)C[C@H](NC(=O)c1cc2c(C(F)(F)F)cccc2[nH]1)C(=O)N[C@H](C#N)C[C@@H]1CCNC1=O. The van der Waals surface area contributed by atoms with Gasteiger partial charge in [-0.2, -0.15) is 18.4 Å². The summed E-state index contributed by atoms with van der Waals surface area (Å²) in [4.78, 5) is 40.5. The molecule has 0 spiro atoms. The van der Waals surface area contributed by atoms with Gasteiger partial charge in [-0.3, -0.25) is 14.4 Å². The lowest BCUT2D eigenvalue weighted by Gasteiger charge is -2.27. The highest BCUT2D eigenvalue weighted by atomic mass is 19.4. The van der Waals surface area contributed by atoms with Gasteiger partial charge < -0.3 is 20.9 Å². The smallest absolute Gasteiger partial charge is 0.356 e. The summed E-state index contributed by atoms with van der Waals surface area (Å²) in [5, 5.41) is 17.2. The zero-order valence-electron chi connectivity index (χ0n) is 19.7. The standard InChI is InChI=1S/C24H28F3N5O3/c1-23(2,3)11-19(22(35)30-14(12-28)9-13-7-8-29-20(13)33)32-21(34)18-10-15-16(24(25,26)27)5-4-6-17(15)31-18/h4-6,10,13-14,19,31H,7-9,11H2,1-3H3,(H,29,33)(H,30,35)(H,32,34)/t13-,14-,19-/m0/s1. The van der Waals surface area contributed by atoms with Crippen molar-refractivity contribution in [1.82, 2.24) is 20.9 Å². The zero-order chi connectivity index (χ0) is 26.0. The van der Waals surface area contributed by atoms with Crippen LogP contribution in [0.25, 0.3) is 10.9 Å². The molecule has 1 aromatic carbocycles. The molecule has 1 aliphatic heterocycles. The predicted molar refractivity (Wildman–Crippen MR) is 122 cm³/mol. The third kappa shape index (κ3) is 6.53. The fourth-order valence-electron chi connectivity index (χ4n) is 4.15. The summed E-state index contributed by atoms with van der Waals surface area (Å²) in [6.45, 7) is 6.10. The van der Waals surface area contributed by atoms with E-state index in [4.69, 9.17) is 0 Å². The first-order valence-corrected chi connectivity index (χ1v) is 11.3. The number of aromatic nitrogens is 1. The summed E-state index contributed by atoms with van der Waals surface area (Å²) in [6, 6.07) is 4.71. The van der Waals surface area contributed by atoms with E-state index in [2.05, 4.69) is 20.9 Å². The molecule has 8 nitrogen and oxygen atoms in total. The monoisotopic (exact) mass is 491 g/mol. The van der Waals surface area contributed by atoms with E-state index < -0.39 is 41.1 Å². The van der Waals surface area contributed by atoms with Crippen LogP contribution in [0, 0.1) is 22.7 Å². The molecule has 3 amide bonds. The van der Waals surface area contributed by atoms with E-state index in [1.807, 2.05) is 26.8 Å². The van der Waals surface area contributed by atoms with E-state index in [9.17, 15) is 32.8 Å². The van der Waals surface area contributed by atoms with Gasteiger partial charge in [-0.05, 0) is 42.9 Å². The maximum absolute atomic E-state index is 13.3. The van der Waals surface area contributed by atoms with Crippen LogP contribution >= 0.6 is 0 Å². The molecule has 11 heteroatoms. The Morgan fingerprint density at radius 1 is 1.23 bits per heavy atom. The molecule has 0 radical (unpaired) electrons. The average Bonchev–Trinajstić information content (AvgIpc) is 3.36. The van der Waals surface area contributed by atoms with Crippen LogP contribution in [0.3, 0.4) is 0 Å². The number of carbonyl (C=O) groups is 3. The van der Waals surface area contributed by atoms with Gasteiger partial charge in [0.2, 0.25) is 11.8 Å². The minimum absolute atomic E-state index is 0.122. The highest BCUT2D eigenvalue weighted by Gasteiger charge is 2.34. The summed E-state index contributed by atoms with van der Waals surface area (Å²) < 4.78 is 40.0. The largest absolute Gasteiger partial charge is 0.417 e. The number of H-pyrrole nitrogens is 1. The Balaban J connectivity index is 1.78. The normalized spacial score (nSPS) is 18.0. The van der Waals surface area contributed by atoms with Crippen LogP contribution in [0.15, 0.2) is 24.3 Å². The van der Waals surface area contributed by atoms with Gasteiger partial charge in [0.05, 0.1) is 11.6 Å². The summed E-state index contributed by atoms with van der Waals surface area (Å²) in [5.74, 6) is -1.91. The maximum Gasteiger partial charge on any atom is 0.417 e. The molecule has 0 bridgehead atoms. The fourth-order valence-corrected chi connectivity index (χ4v) is 4.15. The Bertz CT molecular complexity index is 1160. The molecule has 0 aliphatic carbocycles. The predicted octanol–water partition coefficient (Wildman–Crippen LogP) is 3.26. The zero-order valence-corrected chi connectivity index (χ0v) is 19.7. The second kappa shape index (κ2) is 9.98. The molecule has 0 saturated carbocycles. The van der Waals surface area contributed by atoms with E-state index in [0.29, 0.717) is 13.0 Å². The van der Waals surface area contributed by atoms with Crippen molar-refractivity contribution in [3.63, 3.8) is 0 Å². The number of nitrogens with one attached hydrogen (secondary N) is 4. The number of rotatable bonds is 7. The van der Waals surface area contributed by atoms with Crippen molar-refractivity contribution < 1.29 is 27.6 Å². The molecule has 1 aromatic heterocycles. The Morgan fingerprint density at radius 3 is 2.51 bits per heavy atom. The van der Waals surface area contributed by atoms with Crippen LogP contribution < -0.4 is 16.0 Å². The van der Waals surface area contributed by atoms with Crippen molar-refractivity contribution >= 4 is 28.6 Å². The van der Waals surface area contributed by atoms with Gasteiger partial charge in [0.15, 0.2) is 0 Å². The highest BCUT2D eigenvalue weighted by Crippen LogP contribution is 2.35. The van der Waals surface area contributed by atoms with Crippen LogP contribution in [0.4, 0.5) is 13.2 Å². The number of nitriles is 1. The summed E-state index contributed by atoms with van der Waals surface area (Å²) in [6.07, 6.45) is -3.67. The number of alkyl halides is 3. The minimum Gasteiger partial charge on any atom is -0.356 e. The Labute approximate surface area is 200 Å². The number of aromatic amines is 1. The van der Waals surface area contributed by atoms with Gasteiger partial charge >= 0.3 is 6.18 Å². The maximum atomic E-state index is 13.3. The van der Waals surface area contributed by atoms with E-state index in [1.165, 1.54) is 12.1 Å². The van der Waals surface area contributed by atoms with Crippen molar-refractivity contribution in [3.05, 3.63) is 35.5 Å². The van der Waals surface area contributed by atoms with Crippen molar-refractivity contribution in [2.45, 2.75) is 58.3 Å². The molecule has 3 rings (SSSR count). The number of carbonyl (C=O) groups excluding carboxylic acids is 3. The van der Waals surface area contributed by atoms with Crippen LogP contribution in [0.1, 0.15) is 56.1 Å². The molecule has 188 valence electrons. The number of benzene rings is 1. The lowest BCUT2D eigenvalue weighted by atomic mass is 9.87. The van der Waals surface area contributed by atoms with Crippen molar-refractivity contribution in [3.8, 4) is 6.07 Å². The first kappa shape index (κ1) is 26.1. The molecule has 1 fully saturated rings. The van der Waals surface area contributed by atoms with Crippen LogP contribution in [0.2, 0.25) is 0 Å². The molecule has 0 unspecified atom stereocenters. The molecule has 2 aromatic rings. The first-order chi connectivity index (χ1) is 16.3. The fraction of sp³-hybridized carbons (Fsp3) is 0.500. The third-order valence-electron chi connectivity index (χ3n) is 5.81. The lowest BCUT2D eigenvalue weighted by Crippen LogP contribution is -2.51. The Hall–Kier alpha value is -3.55. The molecule has 1 saturated heterocycles. The number of hydrogen-bond donors (Lipinski definition) is 4. The number of hydrogen-bond acceptors (Lipinski definition) is 4. The van der Waals surface area contributed by atoms with Crippen molar-refractivity contribution in [1.29, 1.82) is 5.26 Å². The third-order valence-corrected chi connectivity index (χ3v) is 5.81. The number of fused-ring (bicyclic) bond motifs is 1. The van der Waals surface area contributed by atoms with Gasteiger partial charge in [0.25, 0.3) is 5.91 Å². The highest BCUT2D eigenvalue weighted by molar-refractivity contribution is 6.01. The van der Waals surface area contributed by atoms with Gasteiger partial charge in [-0.25, -0.2) is 0 Å². The second-order valence-electron chi connectivity index (χ2n) is 9.94. The molecule has 1 aliphatic rings. The molecule has 35 heavy (non-hydrogen) atoms.